The summed E-state index contributed by atoms with van der Waals surface area (Å²) in [5, 5.41) is 15.7. The highest BCUT2D eigenvalue weighted by atomic mass is 19.1. The van der Waals surface area contributed by atoms with Gasteiger partial charge in [-0.15, -0.1) is 0 Å². The molecule has 1 aromatic heterocycles. The number of nitrogens with zero attached hydrogens (tertiary/aromatic N) is 1. The number of hydrogen-bond acceptors (Lipinski definition) is 4. The van der Waals surface area contributed by atoms with Gasteiger partial charge in [0.05, 0.1) is 23.3 Å². The summed E-state index contributed by atoms with van der Waals surface area (Å²) in [6, 6.07) is 9.52. The molecule has 1 fully saturated rings. The molecule has 2 aromatic carbocycles. The third-order valence-electron chi connectivity index (χ3n) is 6.05. The van der Waals surface area contributed by atoms with Gasteiger partial charge in [-0.3, -0.25) is 14.6 Å². The van der Waals surface area contributed by atoms with Crippen molar-refractivity contribution in [2.24, 2.45) is 0 Å². The molecule has 2 atom stereocenters. The first-order chi connectivity index (χ1) is 16.3. The normalized spacial score (nSPS) is 17.8. The molecule has 176 valence electrons. The van der Waals surface area contributed by atoms with Crippen LogP contribution in [0.5, 0.6) is 0 Å². The number of amides is 2. The summed E-state index contributed by atoms with van der Waals surface area (Å²) < 4.78 is 28.3. The average Bonchev–Trinajstić information content (AvgIpc) is 2.82. The zero-order chi connectivity index (χ0) is 24.2. The Morgan fingerprint density at radius 3 is 2.44 bits per heavy atom. The number of aryl methyl sites for hydroxylation is 1. The first-order valence-corrected chi connectivity index (χ1v) is 11.1. The minimum Gasteiger partial charge on any atom is -0.391 e. The first-order valence-electron chi connectivity index (χ1n) is 11.1. The van der Waals surface area contributed by atoms with E-state index in [9.17, 15) is 23.5 Å². The number of aromatic nitrogens is 1. The molecular formula is C26H25F2N3O3. The fourth-order valence-corrected chi connectivity index (χ4v) is 4.10. The molecule has 2 amide bonds. The number of aliphatic hydroxyl groups excluding tert-OH is 1. The van der Waals surface area contributed by atoms with E-state index in [1.165, 1.54) is 24.5 Å². The number of hydrogen-bond donors (Lipinski definition) is 3. The van der Waals surface area contributed by atoms with Gasteiger partial charge < -0.3 is 15.7 Å². The van der Waals surface area contributed by atoms with E-state index in [4.69, 9.17) is 0 Å². The molecule has 8 heteroatoms. The molecule has 1 saturated carbocycles. The Labute approximate surface area is 196 Å². The summed E-state index contributed by atoms with van der Waals surface area (Å²) in [5.74, 6) is -2.37. The van der Waals surface area contributed by atoms with Gasteiger partial charge in [-0.2, -0.15) is 0 Å². The summed E-state index contributed by atoms with van der Waals surface area (Å²) in [5.41, 5.74) is 1.48. The van der Waals surface area contributed by atoms with E-state index in [0.717, 1.165) is 30.5 Å². The van der Waals surface area contributed by atoms with Crippen LogP contribution in [-0.2, 0) is 0 Å². The first kappa shape index (κ1) is 23.5. The number of anilines is 1. The molecule has 0 spiro atoms. The molecule has 0 saturated heterocycles. The average molecular weight is 466 g/mol. The van der Waals surface area contributed by atoms with Crippen LogP contribution in [0.15, 0.2) is 54.9 Å². The van der Waals surface area contributed by atoms with Crippen molar-refractivity contribution in [1.29, 1.82) is 0 Å². The number of pyridine rings is 1. The van der Waals surface area contributed by atoms with Crippen molar-refractivity contribution in [1.82, 2.24) is 10.3 Å². The van der Waals surface area contributed by atoms with Crippen LogP contribution in [0.3, 0.4) is 0 Å². The molecular weight excluding hydrogens is 440 g/mol. The lowest BCUT2D eigenvalue weighted by atomic mass is 9.92. The molecule has 0 aliphatic heterocycles. The predicted octanol–water partition coefficient (Wildman–Crippen LogP) is 4.62. The zero-order valence-corrected chi connectivity index (χ0v) is 18.6. The highest BCUT2D eigenvalue weighted by molar-refractivity contribution is 6.06. The highest BCUT2D eigenvalue weighted by Crippen LogP contribution is 2.26. The summed E-state index contributed by atoms with van der Waals surface area (Å²) in [6.07, 6.45) is 5.27. The Morgan fingerprint density at radius 1 is 0.971 bits per heavy atom. The van der Waals surface area contributed by atoms with E-state index in [2.05, 4.69) is 15.6 Å². The number of aliphatic hydroxyl groups is 1. The van der Waals surface area contributed by atoms with Crippen molar-refractivity contribution in [3.63, 3.8) is 0 Å². The van der Waals surface area contributed by atoms with Gasteiger partial charge in [-0.1, -0.05) is 25.0 Å². The van der Waals surface area contributed by atoms with Gasteiger partial charge in [0.25, 0.3) is 11.8 Å². The number of nitrogens with one attached hydrogen (secondary N) is 2. The van der Waals surface area contributed by atoms with Crippen molar-refractivity contribution in [3.8, 4) is 11.1 Å². The van der Waals surface area contributed by atoms with Crippen LogP contribution < -0.4 is 10.6 Å². The summed E-state index contributed by atoms with van der Waals surface area (Å²) in [4.78, 5) is 29.6. The van der Waals surface area contributed by atoms with Crippen molar-refractivity contribution < 1.29 is 23.5 Å². The SMILES string of the molecule is Cc1ccc(C(=O)N[C@H]2CCCC[C@@H]2O)cc1NC(=O)c1cncc(-c2c(F)cccc2F)c1. The minimum absolute atomic E-state index is 0.111. The van der Waals surface area contributed by atoms with Gasteiger partial charge >= 0.3 is 0 Å². The quantitative estimate of drug-likeness (QED) is 0.513. The van der Waals surface area contributed by atoms with Crippen LogP contribution in [0.4, 0.5) is 14.5 Å². The topological polar surface area (TPSA) is 91.3 Å². The lowest BCUT2D eigenvalue weighted by Crippen LogP contribution is -2.45. The van der Waals surface area contributed by atoms with E-state index >= 15 is 0 Å². The van der Waals surface area contributed by atoms with Gasteiger partial charge in [-0.25, -0.2) is 8.78 Å². The summed E-state index contributed by atoms with van der Waals surface area (Å²) in [7, 11) is 0. The summed E-state index contributed by atoms with van der Waals surface area (Å²) >= 11 is 0. The molecule has 0 bridgehead atoms. The Morgan fingerprint density at radius 2 is 1.71 bits per heavy atom. The predicted molar refractivity (Wildman–Crippen MR) is 124 cm³/mol. The van der Waals surface area contributed by atoms with Crippen LogP contribution in [0.25, 0.3) is 11.1 Å². The van der Waals surface area contributed by atoms with E-state index in [0.29, 0.717) is 24.1 Å². The van der Waals surface area contributed by atoms with Crippen LogP contribution in [0, 0.1) is 18.6 Å². The maximum absolute atomic E-state index is 14.2. The lowest BCUT2D eigenvalue weighted by molar-refractivity contribution is 0.0717. The van der Waals surface area contributed by atoms with Gasteiger partial charge in [0.1, 0.15) is 11.6 Å². The van der Waals surface area contributed by atoms with Gasteiger partial charge in [0, 0.05) is 29.2 Å². The van der Waals surface area contributed by atoms with Crippen molar-refractivity contribution >= 4 is 17.5 Å². The largest absolute Gasteiger partial charge is 0.391 e. The van der Waals surface area contributed by atoms with Gasteiger partial charge in [0.2, 0.25) is 0 Å². The molecule has 1 aliphatic carbocycles. The van der Waals surface area contributed by atoms with E-state index in [1.54, 1.807) is 25.1 Å². The Kier molecular flexibility index (Phi) is 6.98. The third kappa shape index (κ3) is 5.12. The molecule has 1 aliphatic rings. The molecule has 6 nitrogen and oxygen atoms in total. The molecule has 34 heavy (non-hydrogen) atoms. The number of carbonyl (C=O) groups excluding carboxylic acids is 2. The fraction of sp³-hybridized carbons (Fsp3) is 0.269. The monoisotopic (exact) mass is 465 g/mol. The number of carbonyl (C=O) groups is 2. The minimum atomic E-state index is -0.753. The molecule has 4 rings (SSSR count). The fourth-order valence-electron chi connectivity index (χ4n) is 4.10. The van der Waals surface area contributed by atoms with E-state index < -0.39 is 23.6 Å². The van der Waals surface area contributed by atoms with Gasteiger partial charge in [0.15, 0.2) is 0 Å². The standard InChI is InChI=1S/C26H25F2N3O3/c1-15-9-10-16(25(33)30-21-7-2-3-8-23(21)32)12-22(15)31-26(34)18-11-17(13-29-14-18)24-19(27)5-4-6-20(24)28/h4-6,9-14,21,23,32H,2-3,7-8H2,1H3,(H,30,33)(H,31,34)/t21-,23-/m0/s1. The Bertz CT molecular complexity index is 1210. The molecule has 3 aromatic rings. The second-order valence-corrected chi connectivity index (χ2v) is 8.47. The maximum atomic E-state index is 14.2. The second kappa shape index (κ2) is 10.1. The van der Waals surface area contributed by atoms with Gasteiger partial charge in [-0.05, 0) is 55.7 Å². The van der Waals surface area contributed by atoms with E-state index in [-0.39, 0.29) is 28.6 Å². The van der Waals surface area contributed by atoms with Crippen LogP contribution in [0.2, 0.25) is 0 Å². The Hall–Kier alpha value is -3.65. The van der Waals surface area contributed by atoms with Crippen molar-refractivity contribution in [2.75, 3.05) is 5.32 Å². The number of halogens is 2. The molecule has 0 radical (unpaired) electrons. The van der Waals surface area contributed by atoms with Crippen molar-refractivity contribution in [3.05, 3.63) is 83.2 Å². The van der Waals surface area contributed by atoms with Crippen LogP contribution in [0.1, 0.15) is 52.0 Å². The second-order valence-electron chi connectivity index (χ2n) is 8.47. The van der Waals surface area contributed by atoms with Crippen LogP contribution >= 0.6 is 0 Å². The number of benzene rings is 2. The molecule has 0 unspecified atom stereocenters. The van der Waals surface area contributed by atoms with Crippen molar-refractivity contribution in [2.45, 2.75) is 44.8 Å². The zero-order valence-electron chi connectivity index (χ0n) is 18.6. The van der Waals surface area contributed by atoms with Crippen LogP contribution in [-0.4, -0.2) is 34.1 Å². The molecule has 1 heterocycles. The highest BCUT2D eigenvalue weighted by Gasteiger charge is 2.25. The molecule has 3 N–H and O–H groups in total. The Balaban J connectivity index is 1.53. The number of rotatable bonds is 5. The lowest BCUT2D eigenvalue weighted by Gasteiger charge is -2.28. The summed E-state index contributed by atoms with van der Waals surface area (Å²) in [6.45, 7) is 1.78. The smallest absolute Gasteiger partial charge is 0.257 e. The maximum Gasteiger partial charge on any atom is 0.257 e. The van der Waals surface area contributed by atoms with E-state index in [1.807, 2.05) is 0 Å². The third-order valence-corrected chi connectivity index (χ3v) is 6.05.